The van der Waals surface area contributed by atoms with Gasteiger partial charge in [-0.3, -0.25) is 0 Å². The van der Waals surface area contributed by atoms with Gasteiger partial charge in [0.2, 0.25) is 0 Å². The number of aromatic nitrogens is 2. The molecule has 0 radical (unpaired) electrons. The van der Waals surface area contributed by atoms with Gasteiger partial charge in [0.1, 0.15) is 5.82 Å². The average molecular weight is 298 g/mol. The quantitative estimate of drug-likeness (QED) is 0.750. The molecule has 0 unspecified atom stereocenters. The molecule has 0 aliphatic heterocycles. The Morgan fingerprint density at radius 1 is 0.952 bits per heavy atom. The van der Waals surface area contributed by atoms with Crippen molar-refractivity contribution in [3.63, 3.8) is 0 Å². The fourth-order valence-electron chi connectivity index (χ4n) is 2.43. The average Bonchev–Trinajstić information content (AvgIpc) is 2.49. The van der Waals surface area contributed by atoms with Crippen molar-refractivity contribution in [2.75, 3.05) is 12.4 Å². The number of aryl methyl sites for hydroxylation is 2. The van der Waals surface area contributed by atoms with E-state index in [1.807, 2.05) is 44.3 Å². The van der Waals surface area contributed by atoms with E-state index in [0.717, 1.165) is 33.4 Å². The Kier molecular flexibility index (Phi) is 3.52. The first kappa shape index (κ1) is 13.8. The summed E-state index contributed by atoms with van der Waals surface area (Å²) in [6, 6.07) is 12.0. The monoisotopic (exact) mass is 297 g/mol. The predicted octanol–water partition coefficient (Wildman–Crippen LogP) is 4.61. The van der Waals surface area contributed by atoms with Crippen LogP contribution in [0.2, 0.25) is 5.02 Å². The first-order chi connectivity index (χ1) is 10.1. The molecule has 3 rings (SSSR count). The van der Waals surface area contributed by atoms with Crippen LogP contribution in [0.25, 0.3) is 22.3 Å². The summed E-state index contributed by atoms with van der Waals surface area (Å²) in [6.07, 6.45) is 0. The molecule has 0 saturated carbocycles. The topological polar surface area (TPSA) is 37.8 Å². The van der Waals surface area contributed by atoms with Crippen molar-refractivity contribution in [1.82, 2.24) is 9.97 Å². The van der Waals surface area contributed by atoms with Crippen molar-refractivity contribution in [1.29, 1.82) is 0 Å². The molecule has 106 valence electrons. The minimum Gasteiger partial charge on any atom is -0.373 e. The third kappa shape index (κ3) is 2.34. The molecule has 2 aromatic carbocycles. The predicted molar refractivity (Wildman–Crippen MR) is 89.0 cm³/mol. The number of fused-ring (bicyclic) bond motifs is 1. The summed E-state index contributed by atoms with van der Waals surface area (Å²) in [6.45, 7) is 4.04. The van der Waals surface area contributed by atoms with Crippen LogP contribution in [0.4, 0.5) is 5.82 Å². The molecule has 0 aliphatic carbocycles. The van der Waals surface area contributed by atoms with Crippen molar-refractivity contribution in [3.05, 3.63) is 52.5 Å². The SMILES string of the molecule is CNc1nc(-c2cccc(C)c2Cl)nc2c(C)cccc12. The highest BCUT2D eigenvalue weighted by Gasteiger charge is 2.13. The fourth-order valence-corrected chi connectivity index (χ4v) is 2.64. The third-order valence-electron chi connectivity index (χ3n) is 3.60. The van der Waals surface area contributed by atoms with Crippen molar-refractivity contribution >= 4 is 28.3 Å². The highest BCUT2D eigenvalue weighted by molar-refractivity contribution is 6.34. The molecule has 1 aromatic heterocycles. The van der Waals surface area contributed by atoms with Crippen molar-refractivity contribution < 1.29 is 0 Å². The van der Waals surface area contributed by atoms with Crippen LogP contribution in [-0.2, 0) is 0 Å². The molecule has 0 saturated heterocycles. The van der Waals surface area contributed by atoms with Crippen molar-refractivity contribution in [2.45, 2.75) is 13.8 Å². The second-order valence-corrected chi connectivity index (χ2v) is 5.43. The van der Waals surface area contributed by atoms with Gasteiger partial charge in [-0.25, -0.2) is 9.97 Å². The van der Waals surface area contributed by atoms with E-state index in [4.69, 9.17) is 16.6 Å². The Balaban J connectivity index is 2.34. The molecule has 0 fully saturated rings. The number of hydrogen-bond donors (Lipinski definition) is 1. The molecule has 1 heterocycles. The van der Waals surface area contributed by atoms with Crippen LogP contribution in [0.5, 0.6) is 0 Å². The molecule has 1 N–H and O–H groups in total. The zero-order valence-corrected chi connectivity index (χ0v) is 13.0. The largest absolute Gasteiger partial charge is 0.373 e. The lowest BCUT2D eigenvalue weighted by Gasteiger charge is -2.11. The molecule has 0 amide bonds. The number of halogens is 1. The lowest BCUT2D eigenvalue weighted by Crippen LogP contribution is -2.00. The zero-order valence-electron chi connectivity index (χ0n) is 12.2. The lowest BCUT2D eigenvalue weighted by atomic mass is 10.1. The van der Waals surface area contributed by atoms with Gasteiger partial charge in [0, 0.05) is 18.0 Å². The van der Waals surface area contributed by atoms with E-state index >= 15 is 0 Å². The van der Waals surface area contributed by atoms with Gasteiger partial charge in [-0.1, -0.05) is 35.9 Å². The first-order valence-corrected chi connectivity index (χ1v) is 7.20. The summed E-state index contributed by atoms with van der Waals surface area (Å²) in [4.78, 5) is 9.35. The van der Waals surface area contributed by atoms with E-state index in [2.05, 4.69) is 23.3 Å². The second kappa shape index (κ2) is 5.34. The van der Waals surface area contributed by atoms with Crippen LogP contribution in [0.1, 0.15) is 11.1 Å². The van der Waals surface area contributed by atoms with Gasteiger partial charge in [0.15, 0.2) is 5.82 Å². The number of hydrogen-bond acceptors (Lipinski definition) is 3. The molecule has 0 spiro atoms. The molecule has 3 nitrogen and oxygen atoms in total. The minimum absolute atomic E-state index is 0.648. The van der Waals surface area contributed by atoms with E-state index < -0.39 is 0 Å². The van der Waals surface area contributed by atoms with Crippen LogP contribution in [0, 0.1) is 13.8 Å². The lowest BCUT2D eigenvalue weighted by molar-refractivity contribution is 1.20. The maximum absolute atomic E-state index is 6.41. The summed E-state index contributed by atoms with van der Waals surface area (Å²) in [5.74, 6) is 1.46. The first-order valence-electron chi connectivity index (χ1n) is 6.82. The van der Waals surface area contributed by atoms with Crippen molar-refractivity contribution in [2.24, 2.45) is 0 Å². The highest BCUT2D eigenvalue weighted by Crippen LogP contribution is 2.31. The Hall–Kier alpha value is -2.13. The molecular weight excluding hydrogens is 282 g/mol. The summed E-state index contributed by atoms with van der Waals surface area (Å²) >= 11 is 6.41. The van der Waals surface area contributed by atoms with Crippen LogP contribution in [0.3, 0.4) is 0 Å². The summed E-state index contributed by atoms with van der Waals surface area (Å²) in [7, 11) is 1.87. The van der Waals surface area contributed by atoms with Crippen LogP contribution in [0.15, 0.2) is 36.4 Å². The van der Waals surface area contributed by atoms with Gasteiger partial charge in [0.05, 0.1) is 10.5 Å². The van der Waals surface area contributed by atoms with E-state index in [-0.39, 0.29) is 0 Å². The van der Waals surface area contributed by atoms with Gasteiger partial charge in [-0.05, 0) is 37.1 Å². The Morgan fingerprint density at radius 2 is 1.67 bits per heavy atom. The molecule has 0 atom stereocenters. The normalized spacial score (nSPS) is 10.9. The Morgan fingerprint density at radius 3 is 2.43 bits per heavy atom. The molecular formula is C17H16ClN3. The van der Waals surface area contributed by atoms with Gasteiger partial charge in [-0.15, -0.1) is 0 Å². The summed E-state index contributed by atoms with van der Waals surface area (Å²) in [5, 5.41) is 4.87. The number of para-hydroxylation sites is 1. The molecule has 3 aromatic rings. The van der Waals surface area contributed by atoms with Gasteiger partial charge >= 0.3 is 0 Å². The minimum atomic E-state index is 0.648. The maximum atomic E-state index is 6.41. The van der Waals surface area contributed by atoms with E-state index in [1.54, 1.807) is 0 Å². The highest BCUT2D eigenvalue weighted by atomic mass is 35.5. The number of anilines is 1. The number of nitrogens with zero attached hydrogens (tertiary/aromatic N) is 2. The molecule has 0 bridgehead atoms. The van der Waals surface area contributed by atoms with E-state index in [0.29, 0.717) is 10.8 Å². The smallest absolute Gasteiger partial charge is 0.163 e. The van der Waals surface area contributed by atoms with Crippen molar-refractivity contribution in [3.8, 4) is 11.4 Å². The third-order valence-corrected chi connectivity index (χ3v) is 4.10. The summed E-state index contributed by atoms with van der Waals surface area (Å²) in [5.41, 5.74) is 3.95. The van der Waals surface area contributed by atoms with Crippen LogP contribution >= 0.6 is 11.6 Å². The molecule has 21 heavy (non-hydrogen) atoms. The van der Waals surface area contributed by atoms with Crippen LogP contribution < -0.4 is 5.32 Å². The maximum Gasteiger partial charge on any atom is 0.163 e. The number of nitrogens with one attached hydrogen (secondary N) is 1. The molecule has 0 aliphatic rings. The number of rotatable bonds is 2. The summed E-state index contributed by atoms with van der Waals surface area (Å²) < 4.78 is 0. The van der Waals surface area contributed by atoms with Gasteiger partial charge in [0.25, 0.3) is 0 Å². The standard InChI is InChI=1S/C17H16ClN3/c1-10-6-4-8-12(14(10)18)17-20-15-11(2)7-5-9-13(15)16(19-3)21-17/h4-9H,1-3H3,(H,19,20,21). The Labute approximate surface area is 129 Å². The zero-order chi connectivity index (χ0) is 15.0. The Bertz CT molecular complexity index is 828. The van der Waals surface area contributed by atoms with E-state index in [1.165, 1.54) is 0 Å². The van der Waals surface area contributed by atoms with Gasteiger partial charge in [-0.2, -0.15) is 0 Å². The van der Waals surface area contributed by atoms with E-state index in [9.17, 15) is 0 Å². The van der Waals surface area contributed by atoms with Crippen LogP contribution in [-0.4, -0.2) is 17.0 Å². The van der Waals surface area contributed by atoms with Gasteiger partial charge < -0.3 is 5.32 Å². The second-order valence-electron chi connectivity index (χ2n) is 5.05. The molecule has 4 heteroatoms. The number of benzene rings is 2. The fraction of sp³-hybridized carbons (Fsp3) is 0.176.